The van der Waals surface area contributed by atoms with E-state index in [0.29, 0.717) is 24.4 Å². The van der Waals surface area contributed by atoms with Crippen LogP contribution in [-0.4, -0.2) is 36.5 Å². The van der Waals surface area contributed by atoms with Gasteiger partial charge in [-0.3, -0.25) is 9.69 Å². The van der Waals surface area contributed by atoms with E-state index in [1.807, 2.05) is 25.1 Å². The van der Waals surface area contributed by atoms with Gasteiger partial charge in [0.2, 0.25) is 5.91 Å². The maximum Gasteiger partial charge on any atom is 0.238 e. The van der Waals surface area contributed by atoms with Gasteiger partial charge in [0.1, 0.15) is 5.75 Å². The maximum atomic E-state index is 12.5. The van der Waals surface area contributed by atoms with E-state index in [4.69, 9.17) is 4.74 Å². The van der Waals surface area contributed by atoms with Gasteiger partial charge >= 0.3 is 0 Å². The van der Waals surface area contributed by atoms with Gasteiger partial charge in [0.15, 0.2) is 0 Å². The fourth-order valence-corrected chi connectivity index (χ4v) is 3.14. The zero-order chi connectivity index (χ0) is 15.7. The molecule has 0 aromatic heterocycles. The highest BCUT2D eigenvalue weighted by Gasteiger charge is 2.39. The van der Waals surface area contributed by atoms with E-state index in [0.717, 1.165) is 17.2 Å². The lowest BCUT2D eigenvalue weighted by molar-refractivity contribution is -0.118. The van der Waals surface area contributed by atoms with E-state index in [2.05, 4.69) is 17.1 Å². The summed E-state index contributed by atoms with van der Waals surface area (Å²) in [4.78, 5) is 14.9. The first-order valence-corrected chi connectivity index (χ1v) is 8.28. The quantitative estimate of drug-likeness (QED) is 0.841. The Morgan fingerprint density at radius 1 is 1.36 bits per heavy atom. The second-order valence-corrected chi connectivity index (χ2v) is 6.73. The molecular formula is C18H26N2O2. The fourth-order valence-electron chi connectivity index (χ4n) is 3.14. The molecule has 0 bridgehead atoms. The first-order valence-electron chi connectivity index (χ1n) is 8.28. The molecule has 3 rings (SSSR count). The van der Waals surface area contributed by atoms with Gasteiger partial charge in [0.05, 0.1) is 19.3 Å². The smallest absolute Gasteiger partial charge is 0.238 e. The number of benzene rings is 1. The van der Waals surface area contributed by atoms with Crippen molar-refractivity contribution in [2.24, 2.45) is 5.92 Å². The van der Waals surface area contributed by atoms with Crippen LogP contribution in [0.2, 0.25) is 0 Å². The van der Waals surface area contributed by atoms with Crippen LogP contribution >= 0.6 is 0 Å². The largest absolute Gasteiger partial charge is 0.495 e. The number of methoxy groups -OCH3 is 1. The average molecular weight is 302 g/mol. The summed E-state index contributed by atoms with van der Waals surface area (Å²) < 4.78 is 5.33. The fraction of sp³-hybridized carbons (Fsp3) is 0.611. The van der Waals surface area contributed by atoms with Crippen molar-refractivity contribution >= 4 is 11.6 Å². The van der Waals surface area contributed by atoms with Crippen molar-refractivity contribution in [2.75, 3.05) is 19.0 Å². The molecule has 2 saturated carbocycles. The Bertz CT molecular complexity index is 550. The summed E-state index contributed by atoms with van der Waals surface area (Å²) in [6, 6.07) is 6.98. The molecule has 1 aromatic rings. The third-order valence-corrected chi connectivity index (χ3v) is 4.80. The van der Waals surface area contributed by atoms with Gasteiger partial charge in [-0.15, -0.1) is 0 Å². The topological polar surface area (TPSA) is 41.6 Å². The minimum atomic E-state index is 0.0586. The molecule has 0 heterocycles. The molecule has 0 spiro atoms. The van der Waals surface area contributed by atoms with Gasteiger partial charge in [0, 0.05) is 12.1 Å². The Kier molecular flexibility index (Phi) is 4.39. The van der Waals surface area contributed by atoms with Crippen molar-refractivity contribution in [3.63, 3.8) is 0 Å². The summed E-state index contributed by atoms with van der Waals surface area (Å²) in [5.74, 6) is 1.57. The predicted molar refractivity (Wildman–Crippen MR) is 88.3 cm³/mol. The summed E-state index contributed by atoms with van der Waals surface area (Å²) in [5, 5.41) is 3.02. The number of aryl methyl sites for hydroxylation is 1. The molecule has 0 aliphatic heterocycles. The molecule has 1 N–H and O–H groups in total. The molecule has 1 aromatic carbocycles. The molecule has 2 fully saturated rings. The zero-order valence-electron chi connectivity index (χ0n) is 13.8. The molecule has 4 nitrogen and oxygen atoms in total. The number of rotatable bonds is 7. The van der Waals surface area contributed by atoms with Crippen molar-refractivity contribution < 1.29 is 9.53 Å². The van der Waals surface area contributed by atoms with Gasteiger partial charge in [0.25, 0.3) is 0 Å². The van der Waals surface area contributed by atoms with Gasteiger partial charge in [-0.25, -0.2) is 0 Å². The maximum absolute atomic E-state index is 12.5. The highest BCUT2D eigenvalue weighted by Crippen LogP contribution is 2.39. The van der Waals surface area contributed by atoms with Crippen molar-refractivity contribution in [3.8, 4) is 5.75 Å². The Morgan fingerprint density at radius 2 is 2.09 bits per heavy atom. The molecule has 120 valence electrons. The van der Waals surface area contributed by atoms with E-state index in [1.54, 1.807) is 7.11 Å². The van der Waals surface area contributed by atoms with Crippen molar-refractivity contribution in [2.45, 2.75) is 51.6 Å². The minimum Gasteiger partial charge on any atom is -0.495 e. The third kappa shape index (κ3) is 3.61. The summed E-state index contributed by atoms with van der Waals surface area (Å²) in [7, 11) is 1.63. The lowest BCUT2D eigenvalue weighted by atomic mass is 10.1. The number of carbonyl (C=O) groups is 1. The molecule has 2 aliphatic rings. The van der Waals surface area contributed by atoms with Crippen LogP contribution < -0.4 is 10.1 Å². The number of amides is 1. The molecule has 2 aliphatic carbocycles. The number of carbonyl (C=O) groups excluding carboxylic acids is 1. The van der Waals surface area contributed by atoms with Gasteiger partial charge in [-0.2, -0.15) is 0 Å². The van der Waals surface area contributed by atoms with E-state index in [9.17, 15) is 4.79 Å². The lowest BCUT2D eigenvalue weighted by Crippen LogP contribution is -2.42. The second-order valence-electron chi connectivity index (χ2n) is 6.73. The lowest BCUT2D eigenvalue weighted by Gasteiger charge is -2.28. The van der Waals surface area contributed by atoms with Crippen LogP contribution in [0.4, 0.5) is 5.69 Å². The molecule has 4 heteroatoms. The second kappa shape index (κ2) is 6.29. The molecular weight excluding hydrogens is 276 g/mol. The van der Waals surface area contributed by atoms with E-state index >= 15 is 0 Å². The van der Waals surface area contributed by atoms with Crippen molar-refractivity contribution in [1.29, 1.82) is 0 Å². The van der Waals surface area contributed by atoms with Crippen molar-refractivity contribution in [1.82, 2.24) is 4.90 Å². The van der Waals surface area contributed by atoms with Crippen LogP contribution in [0.1, 0.15) is 38.2 Å². The van der Waals surface area contributed by atoms with E-state index < -0.39 is 0 Å². The molecule has 1 atom stereocenters. The monoisotopic (exact) mass is 302 g/mol. The first-order chi connectivity index (χ1) is 10.6. The average Bonchev–Trinajstić information content (AvgIpc) is 3.37. The Labute approximate surface area is 132 Å². The van der Waals surface area contributed by atoms with Crippen LogP contribution in [0.15, 0.2) is 18.2 Å². The number of nitrogens with zero attached hydrogens (tertiary/aromatic N) is 1. The third-order valence-electron chi connectivity index (χ3n) is 4.80. The molecule has 1 unspecified atom stereocenters. The number of anilines is 1. The number of hydrogen-bond donors (Lipinski definition) is 1. The summed E-state index contributed by atoms with van der Waals surface area (Å²) >= 11 is 0. The number of ether oxygens (including phenoxy) is 1. The number of hydrogen-bond acceptors (Lipinski definition) is 3. The Hall–Kier alpha value is -1.55. The van der Waals surface area contributed by atoms with Crippen LogP contribution in [0, 0.1) is 12.8 Å². The summed E-state index contributed by atoms with van der Waals surface area (Å²) in [6.45, 7) is 4.77. The zero-order valence-corrected chi connectivity index (χ0v) is 13.8. The van der Waals surface area contributed by atoms with E-state index in [-0.39, 0.29) is 5.91 Å². The predicted octanol–water partition coefficient (Wildman–Crippen LogP) is 3.21. The normalized spacial score (nSPS) is 19.1. The van der Waals surface area contributed by atoms with Gasteiger partial charge < -0.3 is 10.1 Å². The van der Waals surface area contributed by atoms with Gasteiger partial charge in [-0.1, -0.05) is 6.07 Å². The van der Waals surface area contributed by atoms with Crippen LogP contribution in [0.25, 0.3) is 0 Å². The van der Waals surface area contributed by atoms with Crippen molar-refractivity contribution in [3.05, 3.63) is 23.8 Å². The molecule has 1 amide bonds. The van der Waals surface area contributed by atoms with Crippen LogP contribution in [0.5, 0.6) is 5.75 Å². The van der Waals surface area contributed by atoms with Gasteiger partial charge in [-0.05, 0) is 63.1 Å². The van der Waals surface area contributed by atoms with E-state index in [1.165, 1.54) is 25.7 Å². The minimum absolute atomic E-state index is 0.0586. The van der Waals surface area contributed by atoms with Crippen LogP contribution in [0.3, 0.4) is 0 Å². The standard InChI is InChI=1S/C18H26N2O2/c1-12-4-9-17(22-3)16(10-12)19-18(21)11-20(15-7-8-15)13(2)14-5-6-14/h4,9-10,13-15H,5-8,11H2,1-3H3,(H,19,21). The summed E-state index contributed by atoms with van der Waals surface area (Å²) in [5.41, 5.74) is 1.88. The number of nitrogens with one attached hydrogen (secondary N) is 1. The van der Waals surface area contributed by atoms with Crippen LogP contribution in [-0.2, 0) is 4.79 Å². The highest BCUT2D eigenvalue weighted by molar-refractivity contribution is 5.93. The highest BCUT2D eigenvalue weighted by atomic mass is 16.5. The Morgan fingerprint density at radius 3 is 2.68 bits per heavy atom. The molecule has 22 heavy (non-hydrogen) atoms. The molecule has 0 saturated heterocycles. The molecule has 0 radical (unpaired) electrons. The summed E-state index contributed by atoms with van der Waals surface area (Å²) in [6.07, 6.45) is 5.10. The Balaban J connectivity index is 1.64. The first kappa shape index (κ1) is 15.3. The SMILES string of the molecule is COc1ccc(C)cc1NC(=O)CN(C1CC1)C(C)C1CC1.